The van der Waals surface area contributed by atoms with E-state index in [-0.39, 0.29) is 6.61 Å². The lowest BCUT2D eigenvalue weighted by molar-refractivity contribution is 0.283. The third-order valence-electron chi connectivity index (χ3n) is 3.28. The van der Waals surface area contributed by atoms with E-state index in [4.69, 9.17) is 9.84 Å². The number of benzene rings is 1. The maximum atomic E-state index is 8.71. The number of fused-ring (bicyclic) bond motifs is 1. The molecule has 4 nitrogen and oxygen atoms in total. The number of aliphatic hydroxyl groups is 1. The van der Waals surface area contributed by atoms with Gasteiger partial charge >= 0.3 is 0 Å². The molecule has 0 saturated heterocycles. The summed E-state index contributed by atoms with van der Waals surface area (Å²) in [6.07, 6.45) is 3.02. The molecule has 20 heavy (non-hydrogen) atoms. The fourth-order valence-corrected chi connectivity index (χ4v) is 2.18. The topological polar surface area (TPSA) is 54.4 Å². The molecule has 0 fully saturated rings. The van der Waals surface area contributed by atoms with Gasteiger partial charge in [-0.1, -0.05) is 18.2 Å². The molecule has 0 aliphatic rings. The Morgan fingerprint density at radius 3 is 2.85 bits per heavy atom. The van der Waals surface area contributed by atoms with Crippen LogP contribution in [0.15, 0.2) is 30.3 Å². The van der Waals surface area contributed by atoms with E-state index in [1.54, 1.807) is 7.11 Å². The van der Waals surface area contributed by atoms with E-state index in [1.165, 1.54) is 0 Å². The van der Waals surface area contributed by atoms with Crippen molar-refractivity contribution in [2.24, 2.45) is 0 Å². The minimum atomic E-state index is 0.284. The van der Waals surface area contributed by atoms with Gasteiger partial charge in [0.05, 0.1) is 12.8 Å². The Bertz CT molecular complexity index is 543. The zero-order chi connectivity index (χ0) is 14.2. The van der Waals surface area contributed by atoms with Gasteiger partial charge in [0.25, 0.3) is 0 Å². The molecule has 2 aromatic rings. The van der Waals surface area contributed by atoms with Gasteiger partial charge in [0.15, 0.2) is 0 Å². The van der Waals surface area contributed by atoms with Gasteiger partial charge in [-0.25, -0.2) is 4.98 Å². The largest absolute Gasteiger partial charge is 0.494 e. The number of aromatic nitrogens is 1. The maximum Gasteiger partial charge on any atom is 0.145 e. The number of rotatable bonds is 8. The van der Waals surface area contributed by atoms with Crippen LogP contribution in [0.2, 0.25) is 0 Å². The second-order valence-corrected chi connectivity index (χ2v) is 4.80. The van der Waals surface area contributed by atoms with Crippen molar-refractivity contribution in [3.8, 4) is 5.75 Å². The van der Waals surface area contributed by atoms with Crippen LogP contribution in [0.3, 0.4) is 0 Å². The van der Waals surface area contributed by atoms with Crippen molar-refractivity contribution in [3.05, 3.63) is 36.0 Å². The molecule has 0 bridgehead atoms. The van der Waals surface area contributed by atoms with Crippen molar-refractivity contribution in [2.75, 3.05) is 20.3 Å². The number of methoxy groups -OCH3 is 1. The Hall–Kier alpha value is -1.65. The van der Waals surface area contributed by atoms with Gasteiger partial charge in [-0.15, -0.1) is 0 Å². The van der Waals surface area contributed by atoms with Crippen LogP contribution < -0.4 is 10.1 Å². The Morgan fingerprint density at radius 2 is 2.05 bits per heavy atom. The first kappa shape index (κ1) is 14.8. The average Bonchev–Trinajstić information content (AvgIpc) is 2.50. The molecule has 2 rings (SSSR count). The molecule has 1 heterocycles. The fraction of sp³-hybridized carbons (Fsp3) is 0.438. The highest BCUT2D eigenvalue weighted by Gasteiger charge is 2.03. The van der Waals surface area contributed by atoms with E-state index in [0.717, 1.165) is 54.7 Å². The molecule has 4 heteroatoms. The van der Waals surface area contributed by atoms with Gasteiger partial charge in [-0.05, 0) is 37.9 Å². The Balaban J connectivity index is 1.94. The molecule has 0 atom stereocenters. The van der Waals surface area contributed by atoms with Crippen LogP contribution in [0.1, 0.15) is 25.0 Å². The predicted molar refractivity (Wildman–Crippen MR) is 80.9 cm³/mol. The van der Waals surface area contributed by atoms with E-state index in [1.807, 2.05) is 24.3 Å². The van der Waals surface area contributed by atoms with Crippen LogP contribution in [-0.2, 0) is 6.54 Å². The SMILES string of the molecule is COc1cccc2ccc(CNCCCCCO)nc12. The fourth-order valence-electron chi connectivity index (χ4n) is 2.18. The van der Waals surface area contributed by atoms with Crippen LogP contribution in [0.4, 0.5) is 0 Å². The van der Waals surface area contributed by atoms with Gasteiger partial charge in [0.1, 0.15) is 11.3 Å². The lowest BCUT2D eigenvalue weighted by atomic mass is 10.2. The standard InChI is InChI=1S/C16H22N2O2/c1-20-15-7-5-6-13-8-9-14(18-16(13)15)12-17-10-3-2-4-11-19/h5-9,17,19H,2-4,10-12H2,1H3. The van der Waals surface area contributed by atoms with Gasteiger partial charge in [-0.3, -0.25) is 0 Å². The van der Waals surface area contributed by atoms with Crippen molar-refractivity contribution >= 4 is 10.9 Å². The van der Waals surface area contributed by atoms with Gasteiger partial charge in [-0.2, -0.15) is 0 Å². The quantitative estimate of drug-likeness (QED) is 0.726. The summed E-state index contributed by atoms with van der Waals surface area (Å²) in [5.41, 5.74) is 1.93. The normalized spacial score (nSPS) is 10.9. The summed E-state index contributed by atoms with van der Waals surface area (Å²) in [6.45, 7) is 1.99. The lowest BCUT2D eigenvalue weighted by Gasteiger charge is -2.08. The summed E-state index contributed by atoms with van der Waals surface area (Å²) in [5.74, 6) is 0.812. The number of ether oxygens (including phenoxy) is 1. The van der Waals surface area contributed by atoms with Crippen molar-refractivity contribution in [1.29, 1.82) is 0 Å². The molecule has 2 N–H and O–H groups in total. The number of hydrogen-bond donors (Lipinski definition) is 2. The first-order chi connectivity index (χ1) is 9.85. The molecule has 0 aliphatic carbocycles. The smallest absolute Gasteiger partial charge is 0.145 e. The number of hydrogen-bond acceptors (Lipinski definition) is 4. The number of unbranched alkanes of at least 4 members (excludes halogenated alkanes) is 2. The maximum absolute atomic E-state index is 8.71. The van der Waals surface area contributed by atoms with Gasteiger partial charge in [0, 0.05) is 18.5 Å². The molecule has 0 aliphatic heterocycles. The molecule has 1 aromatic heterocycles. The minimum Gasteiger partial charge on any atom is -0.494 e. The molecule has 0 spiro atoms. The highest BCUT2D eigenvalue weighted by Crippen LogP contribution is 2.23. The van der Waals surface area contributed by atoms with E-state index in [9.17, 15) is 0 Å². The van der Waals surface area contributed by atoms with Crippen molar-refractivity contribution < 1.29 is 9.84 Å². The van der Waals surface area contributed by atoms with Crippen LogP contribution >= 0.6 is 0 Å². The van der Waals surface area contributed by atoms with Gasteiger partial charge in [0.2, 0.25) is 0 Å². The average molecular weight is 274 g/mol. The Labute approximate surface area is 119 Å². The minimum absolute atomic E-state index is 0.284. The van der Waals surface area contributed by atoms with E-state index >= 15 is 0 Å². The van der Waals surface area contributed by atoms with E-state index in [0.29, 0.717) is 0 Å². The lowest BCUT2D eigenvalue weighted by Crippen LogP contribution is -2.15. The van der Waals surface area contributed by atoms with Crippen molar-refractivity contribution in [2.45, 2.75) is 25.8 Å². The number of pyridine rings is 1. The third kappa shape index (κ3) is 3.92. The predicted octanol–water partition coefficient (Wildman–Crippen LogP) is 2.50. The number of nitrogens with one attached hydrogen (secondary N) is 1. The molecule has 0 amide bonds. The summed E-state index contributed by atoms with van der Waals surface area (Å²) in [4.78, 5) is 4.65. The Kier molecular flexibility index (Phi) is 5.77. The monoisotopic (exact) mass is 274 g/mol. The second-order valence-electron chi connectivity index (χ2n) is 4.80. The van der Waals surface area contributed by atoms with Crippen LogP contribution in [-0.4, -0.2) is 30.4 Å². The van der Waals surface area contributed by atoms with Crippen molar-refractivity contribution in [1.82, 2.24) is 10.3 Å². The molecular weight excluding hydrogens is 252 g/mol. The van der Waals surface area contributed by atoms with Crippen molar-refractivity contribution in [3.63, 3.8) is 0 Å². The number of para-hydroxylation sites is 1. The van der Waals surface area contributed by atoms with Crippen LogP contribution in [0.5, 0.6) is 5.75 Å². The summed E-state index contributed by atoms with van der Waals surface area (Å²) in [7, 11) is 1.67. The first-order valence-electron chi connectivity index (χ1n) is 7.09. The highest BCUT2D eigenvalue weighted by molar-refractivity contribution is 5.84. The first-order valence-corrected chi connectivity index (χ1v) is 7.09. The Morgan fingerprint density at radius 1 is 1.15 bits per heavy atom. The number of aliphatic hydroxyl groups excluding tert-OH is 1. The number of nitrogens with zero attached hydrogens (tertiary/aromatic N) is 1. The molecular formula is C16H22N2O2. The molecule has 108 valence electrons. The molecule has 0 radical (unpaired) electrons. The third-order valence-corrected chi connectivity index (χ3v) is 3.28. The molecule has 0 unspecified atom stereocenters. The zero-order valence-electron chi connectivity index (χ0n) is 11.9. The summed E-state index contributed by atoms with van der Waals surface area (Å²) >= 11 is 0. The summed E-state index contributed by atoms with van der Waals surface area (Å²) in [5, 5.41) is 13.2. The zero-order valence-corrected chi connectivity index (χ0v) is 11.9. The second kappa shape index (κ2) is 7.82. The summed E-state index contributed by atoms with van der Waals surface area (Å²) < 4.78 is 5.35. The van der Waals surface area contributed by atoms with Crippen LogP contribution in [0, 0.1) is 0 Å². The molecule has 0 saturated carbocycles. The van der Waals surface area contributed by atoms with Gasteiger partial charge < -0.3 is 15.2 Å². The van der Waals surface area contributed by atoms with E-state index in [2.05, 4.69) is 16.4 Å². The summed E-state index contributed by atoms with van der Waals surface area (Å²) in [6, 6.07) is 10.1. The molecule has 1 aromatic carbocycles. The van der Waals surface area contributed by atoms with Crippen LogP contribution in [0.25, 0.3) is 10.9 Å². The highest BCUT2D eigenvalue weighted by atomic mass is 16.5. The van der Waals surface area contributed by atoms with E-state index < -0.39 is 0 Å².